The first kappa shape index (κ1) is 8.53. The molecule has 0 heterocycles. The quantitative estimate of drug-likeness (QED) is 0.626. The highest BCUT2D eigenvalue weighted by atomic mass is 79.9. The third kappa shape index (κ3) is 2.89. The molecule has 1 aromatic rings. The fourth-order valence-electron chi connectivity index (χ4n) is 0.718. The molecule has 2 radical (unpaired) electrons. The first-order chi connectivity index (χ1) is 5.18. The molecule has 0 amide bonds. The van der Waals surface area contributed by atoms with E-state index in [1.54, 1.807) is 18.2 Å². The normalized spacial score (nSPS) is 11.6. The molecule has 0 aromatic heterocycles. The van der Waals surface area contributed by atoms with E-state index >= 15 is 0 Å². The average Bonchev–Trinajstić information content (AvgIpc) is 1.93. The van der Waals surface area contributed by atoms with Crippen molar-refractivity contribution < 1.29 is 4.39 Å². The van der Waals surface area contributed by atoms with Crippen molar-refractivity contribution in [3.63, 3.8) is 0 Å². The Morgan fingerprint density at radius 1 is 1.36 bits per heavy atom. The smallest absolute Gasteiger partial charge is 0.124 e. The van der Waals surface area contributed by atoms with Crippen LogP contribution in [-0.4, -0.2) is 7.85 Å². The predicted octanol–water partition coefficient (Wildman–Crippen LogP) is 2.69. The molecule has 11 heavy (non-hydrogen) atoms. The summed E-state index contributed by atoms with van der Waals surface area (Å²) in [5.41, 5.74) is 0.876. The summed E-state index contributed by atoms with van der Waals surface area (Å²) in [6.07, 6.45) is 1.71. The minimum atomic E-state index is -0.240. The van der Waals surface area contributed by atoms with Gasteiger partial charge in [-0.15, -0.1) is 0 Å². The van der Waals surface area contributed by atoms with Crippen molar-refractivity contribution >= 4 is 29.9 Å². The van der Waals surface area contributed by atoms with Crippen LogP contribution in [0.2, 0.25) is 0 Å². The minimum absolute atomic E-state index is 0.240. The lowest BCUT2D eigenvalue weighted by Crippen LogP contribution is -1.75. The van der Waals surface area contributed by atoms with Gasteiger partial charge in [-0.3, -0.25) is 0 Å². The van der Waals surface area contributed by atoms with Gasteiger partial charge in [-0.1, -0.05) is 38.5 Å². The molecule has 0 nitrogen and oxygen atoms in total. The lowest BCUT2D eigenvalue weighted by Gasteiger charge is -1.92. The summed E-state index contributed by atoms with van der Waals surface area (Å²) >= 11 is 3.07. The largest absolute Gasteiger partial charge is 0.207 e. The standard InChI is InChI=1S/C8H5BBrF/c9-8(10)5-6-1-3-7(11)4-2-6/h1-5H/b8-5-. The second-order valence-corrected chi connectivity index (χ2v) is 3.00. The molecule has 0 bridgehead atoms. The average molecular weight is 211 g/mol. The summed E-state index contributed by atoms with van der Waals surface area (Å²) in [7, 11) is 5.35. The van der Waals surface area contributed by atoms with Crippen LogP contribution in [-0.2, 0) is 0 Å². The van der Waals surface area contributed by atoms with Crippen LogP contribution in [0, 0.1) is 5.82 Å². The van der Waals surface area contributed by atoms with Gasteiger partial charge in [0.25, 0.3) is 0 Å². The van der Waals surface area contributed by atoms with Crippen molar-refractivity contribution in [2.75, 3.05) is 0 Å². The van der Waals surface area contributed by atoms with Crippen molar-refractivity contribution in [1.82, 2.24) is 0 Å². The van der Waals surface area contributed by atoms with Gasteiger partial charge in [0.05, 0.1) is 0 Å². The van der Waals surface area contributed by atoms with Crippen LogP contribution in [0.3, 0.4) is 0 Å². The van der Waals surface area contributed by atoms with E-state index in [-0.39, 0.29) is 5.82 Å². The van der Waals surface area contributed by atoms with Crippen LogP contribution in [0.1, 0.15) is 5.56 Å². The monoisotopic (exact) mass is 210 g/mol. The molecule has 1 aromatic carbocycles. The molecule has 0 aliphatic rings. The minimum Gasteiger partial charge on any atom is -0.207 e. The van der Waals surface area contributed by atoms with E-state index in [0.29, 0.717) is 4.38 Å². The number of benzene rings is 1. The Morgan fingerprint density at radius 3 is 2.36 bits per heavy atom. The molecule has 0 saturated heterocycles. The Balaban J connectivity index is 2.91. The second kappa shape index (κ2) is 3.72. The Morgan fingerprint density at radius 2 is 1.91 bits per heavy atom. The molecule has 0 unspecified atom stereocenters. The highest BCUT2D eigenvalue weighted by Crippen LogP contribution is 2.09. The van der Waals surface area contributed by atoms with Crippen LogP contribution in [0.25, 0.3) is 6.08 Å². The first-order valence-electron chi connectivity index (χ1n) is 3.07. The van der Waals surface area contributed by atoms with Gasteiger partial charge in [-0.05, 0) is 17.7 Å². The maximum absolute atomic E-state index is 12.4. The fourth-order valence-corrected chi connectivity index (χ4v) is 0.983. The highest BCUT2D eigenvalue weighted by molar-refractivity contribution is 9.12. The number of halogens is 2. The molecule has 0 fully saturated rings. The molecule has 0 aliphatic heterocycles. The summed E-state index contributed by atoms with van der Waals surface area (Å²) in [6.45, 7) is 0. The summed E-state index contributed by atoms with van der Waals surface area (Å²) in [6, 6.07) is 6.09. The maximum atomic E-state index is 12.4. The molecular weight excluding hydrogens is 206 g/mol. The predicted molar refractivity (Wildman–Crippen MR) is 49.1 cm³/mol. The van der Waals surface area contributed by atoms with Crippen molar-refractivity contribution in [1.29, 1.82) is 0 Å². The van der Waals surface area contributed by atoms with Gasteiger partial charge in [0, 0.05) is 0 Å². The van der Waals surface area contributed by atoms with Gasteiger partial charge in [-0.25, -0.2) is 4.39 Å². The molecule has 0 aliphatic carbocycles. The molecule has 0 spiro atoms. The molecular formula is C8H5BBrF. The maximum Gasteiger partial charge on any atom is 0.124 e. The number of rotatable bonds is 1. The lowest BCUT2D eigenvalue weighted by molar-refractivity contribution is 0.628. The second-order valence-electron chi connectivity index (χ2n) is 2.08. The third-order valence-electron chi connectivity index (χ3n) is 1.17. The van der Waals surface area contributed by atoms with Crippen molar-refractivity contribution in [3.05, 3.63) is 40.0 Å². The van der Waals surface area contributed by atoms with E-state index < -0.39 is 0 Å². The van der Waals surface area contributed by atoms with Crippen molar-refractivity contribution in [3.8, 4) is 0 Å². The van der Waals surface area contributed by atoms with Crippen LogP contribution < -0.4 is 0 Å². The van der Waals surface area contributed by atoms with Crippen molar-refractivity contribution in [2.45, 2.75) is 0 Å². The van der Waals surface area contributed by atoms with Crippen LogP contribution in [0.15, 0.2) is 28.6 Å². The topological polar surface area (TPSA) is 0 Å². The zero-order valence-corrected chi connectivity index (χ0v) is 7.31. The fraction of sp³-hybridized carbons (Fsp3) is 0. The van der Waals surface area contributed by atoms with Gasteiger partial charge in [0.2, 0.25) is 0 Å². The van der Waals surface area contributed by atoms with E-state index in [4.69, 9.17) is 7.85 Å². The molecule has 0 N–H and O–H groups in total. The van der Waals surface area contributed by atoms with E-state index in [0.717, 1.165) is 5.56 Å². The summed E-state index contributed by atoms with van der Waals surface area (Å²) in [4.78, 5) is 0. The van der Waals surface area contributed by atoms with Gasteiger partial charge in [0.1, 0.15) is 13.7 Å². The van der Waals surface area contributed by atoms with Gasteiger partial charge < -0.3 is 0 Å². The number of hydrogen-bond donors (Lipinski definition) is 0. The zero-order valence-electron chi connectivity index (χ0n) is 5.72. The molecule has 54 valence electrons. The molecule has 0 atom stereocenters. The lowest BCUT2D eigenvalue weighted by atomic mass is 10.1. The van der Waals surface area contributed by atoms with Crippen molar-refractivity contribution in [2.24, 2.45) is 0 Å². The SMILES string of the molecule is [B]/C(Br)=C/c1ccc(F)cc1. The van der Waals surface area contributed by atoms with E-state index in [1.165, 1.54) is 12.1 Å². The molecule has 3 heteroatoms. The Labute approximate surface area is 74.7 Å². The molecule has 1 rings (SSSR count). The Kier molecular flexibility index (Phi) is 2.88. The van der Waals surface area contributed by atoms with E-state index in [2.05, 4.69) is 15.9 Å². The first-order valence-corrected chi connectivity index (χ1v) is 3.86. The highest BCUT2D eigenvalue weighted by Gasteiger charge is 1.88. The molecule has 0 saturated carbocycles. The summed E-state index contributed by atoms with van der Waals surface area (Å²) in [5, 5.41) is 0. The Bertz CT molecular complexity index is 262. The Hall–Kier alpha value is -0.565. The number of hydrogen-bond acceptors (Lipinski definition) is 0. The summed E-state index contributed by atoms with van der Waals surface area (Å²) in [5.74, 6) is -0.240. The van der Waals surface area contributed by atoms with Crippen LogP contribution in [0.5, 0.6) is 0 Å². The van der Waals surface area contributed by atoms with Gasteiger partial charge in [0.15, 0.2) is 0 Å². The zero-order chi connectivity index (χ0) is 8.27. The van der Waals surface area contributed by atoms with Crippen LogP contribution in [0.4, 0.5) is 4.39 Å². The third-order valence-corrected chi connectivity index (χ3v) is 1.40. The van der Waals surface area contributed by atoms with Crippen LogP contribution >= 0.6 is 15.9 Å². The summed E-state index contributed by atoms with van der Waals surface area (Å²) < 4.78 is 12.9. The van der Waals surface area contributed by atoms with Gasteiger partial charge in [-0.2, -0.15) is 0 Å². The van der Waals surface area contributed by atoms with Gasteiger partial charge >= 0.3 is 0 Å². The van der Waals surface area contributed by atoms with E-state index in [1.807, 2.05) is 0 Å². The van der Waals surface area contributed by atoms with E-state index in [9.17, 15) is 4.39 Å².